The van der Waals surface area contributed by atoms with Gasteiger partial charge in [-0.1, -0.05) is 12.1 Å². The van der Waals surface area contributed by atoms with Crippen molar-refractivity contribution in [1.82, 2.24) is 10.2 Å². The number of aryl methyl sites for hydroxylation is 1. The van der Waals surface area contributed by atoms with Crippen molar-refractivity contribution in [2.75, 3.05) is 0 Å². The Labute approximate surface area is 139 Å². The third-order valence-electron chi connectivity index (χ3n) is 3.88. The van der Waals surface area contributed by atoms with Gasteiger partial charge < -0.3 is 10.4 Å². The second-order valence-corrected chi connectivity index (χ2v) is 6.02. The molecule has 7 heteroatoms. The number of nitrogens with one attached hydrogen (secondary N) is 1. The van der Waals surface area contributed by atoms with E-state index in [-0.39, 0.29) is 42.2 Å². The van der Waals surface area contributed by atoms with Gasteiger partial charge >= 0.3 is 5.97 Å². The molecule has 1 aromatic carbocycles. The Morgan fingerprint density at radius 2 is 1.88 bits per heavy atom. The minimum Gasteiger partial charge on any atom is -0.478 e. The number of carboxylic acids is 1. The van der Waals surface area contributed by atoms with E-state index in [0.29, 0.717) is 6.42 Å². The average Bonchev–Trinajstić information content (AvgIpc) is 2.79. The predicted molar refractivity (Wildman–Crippen MR) is 85.3 cm³/mol. The maximum Gasteiger partial charge on any atom is 0.335 e. The zero-order valence-corrected chi connectivity index (χ0v) is 13.6. The van der Waals surface area contributed by atoms with Gasteiger partial charge in [0.25, 0.3) is 5.91 Å². The van der Waals surface area contributed by atoms with E-state index in [1.165, 1.54) is 17.0 Å². The fourth-order valence-corrected chi connectivity index (χ4v) is 2.64. The number of carbonyl (C=O) groups excluding carboxylic acids is 3. The topological polar surface area (TPSA) is 104 Å². The molecule has 1 aliphatic rings. The summed E-state index contributed by atoms with van der Waals surface area (Å²) in [5.41, 5.74) is 1.01. The fourth-order valence-electron chi connectivity index (χ4n) is 2.64. The maximum atomic E-state index is 12.1. The van der Waals surface area contributed by atoms with Crippen LogP contribution < -0.4 is 5.32 Å². The van der Waals surface area contributed by atoms with Crippen LogP contribution in [0.2, 0.25) is 0 Å². The molecule has 0 aliphatic carbocycles. The monoisotopic (exact) mass is 332 g/mol. The number of rotatable bonds is 6. The van der Waals surface area contributed by atoms with Crippen LogP contribution in [0.25, 0.3) is 0 Å². The predicted octanol–water partition coefficient (Wildman–Crippen LogP) is 0.969. The lowest BCUT2D eigenvalue weighted by atomic mass is 10.1. The number of hydrogen-bond donors (Lipinski definition) is 2. The Balaban J connectivity index is 1.86. The molecule has 1 atom stereocenters. The molecular weight excluding hydrogens is 312 g/mol. The van der Waals surface area contributed by atoms with Crippen LogP contribution in [0.4, 0.5) is 0 Å². The Hall–Kier alpha value is -2.70. The number of hydrogen-bond acceptors (Lipinski definition) is 4. The van der Waals surface area contributed by atoms with Gasteiger partial charge in [-0.2, -0.15) is 0 Å². The summed E-state index contributed by atoms with van der Waals surface area (Å²) in [6.07, 6.45) is 0.580. The van der Waals surface area contributed by atoms with Crippen molar-refractivity contribution in [1.29, 1.82) is 0 Å². The lowest BCUT2D eigenvalue weighted by Crippen LogP contribution is -2.43. The fraction of sp³-hybridized carbons (Fsp3) is 0.412. The molecule has 0 aromatic heterocycles. The molecule has 0 bridgehead atoms. The summed E-state index contributed by atoms with van der Waals surface area (Å²) in [4.78, 5) is 47.8. The van der Waals surface area contributed by atoms with Gasteiger partial charge in [0.15, 0.2) is 0 Å². The van der Waals surface area contributed by atoms with Crippen molar-refractivity contribution >= 4 is 23.7 Å². The highest BCUT2D eigenvalue weighted by molar-refractivity contribution is 6.07. The van der Waals surface area contributed by atoms with Crippen molar-refractivity contribution in [2.24, 2.45) is 0 Å². The molecule has 1 aliphatic heterocycles. The molecular formula is C17H20N2O5. The molecule has 7 nitrogen and oxygen atoms in total. The normalized spacial score (nSPS) is 17.5. The van der Waals surface area contributed by atoms with Crippen LogP contribution in [-0.4, -0.2) is 45.8 Å². The van der Waals surface area contributed by atoms with E-state index < -0.39 is 12.0 Å². The summed E-state index contributed by atoms with van der Waals surface area (Å²) in [5, 5.41) is 11.4. The molecule has 0 saturated carbocycles. The molecule has 24 heavy (non-hydrogen) atoms. The first-order valence-electron chi connectivity index (χ1n) is 7.77. The quantitative estimate of drug-likeness (QED) is 0.756. The van der Waals surface area contributed by atoms with Gasteiger partial charge in [-0.3, -0.25) is 19.3 Å². The first-order valence-corrected chi connectivity index (χ1v) is 7.77. The zero-order valence-electron chi connectivity index (χ0n) is 13.6. The molecule has 0 radical (unpaired) electrons. The minimum atomic E-state index is -1.00. The number of carboxylic acid groups (broad SMARTS) is 1. The SMILES string of the molecule is CC(C)N1C(=O)CC(NC(=O)CCc2ccc(C(=O)O)cc2)C1=O. The molecule has 1 unspecified atom stereocenters. The number of imide groups is 1. The van der Waals surface area contributed by atoms with E-state index in [4.69, 9.17) is 5.11 Å². The van der Waals surface area contributed by atoms with Crippen LogP contribution in [0.3, 0.4) is 0 Å². The summed E-state index contributed by atoms with van der Waals surface area (Å²) in [6.45, 7) is 3.50. The maximum absolute atomic E-state index is 12.1. The number of likely N-dealkylation sites (tertiary alicyclic amines) is 1. The van der Waals surface area contributed by atoms with Crippen molar-refractivity contribution in [2.45, 2.75) is 45.2 Å². The molecule has 2 N–H and O–H groups in total. The summed E-state index contributed by atoms with van der Waals surface area (Å²) >= 11 is 0. The van der Waals surface area contributed by atoms with Gasteiger partial charge in [0.05, 0.1) is 12.0 Å². The minimum absolute atomic E-state index is 0.00391. The standard InChI is InChI=1S/C17H20N2O5/c1-10(2)19-15(21)9-13(16(19)22)18-14(20)8-5-11-3-6-12(7-4-11)17(23)24/h3-4,6-7,10,13H,5,8-9H2,1-2H3,(H,18,20)(H,23,24). The highest BCUT2D eigenvalue weighted by Gasteiger charge is 2.40. The Morgan fingerprint density at radius 3 is 2.38 bits per heavy atom. The van der Waals surface area contributed by atoms with Crippen molar-refractivity contribution in [3.63, 3.8) is 0 Å². The Bertz CT molecular complexity index is 666. The number of amides is 3. The number of carbonyl (C=O) groups is 4. The lowest BCUT2D eigenvalue weighted by Gasteiger charge is -2.19. The first-order chi connectivity index (χ1) is 11.3. The number of nitrogens with zero attached hydrogens (tertiary/aromatic N) is 1. The van der Waals surface area contributed by atoms with Gasteiger partial charge in [0, 0.05) is 12.5 Å². The second kappa shape index (κ2) is 7.25. The van der Waals surface area contributed by atoms with E-state index in [1.54, 1.807) is 26.0 Å². The van der Waals surface area contributed by atoms with Crippen LogP contribution in [0.15, 0.2) is 24.3 Å². The average molecular weight is 332 g/mol. The van der Waals surface area contributed by atoms with Crippen LogP contribution >= 0.6 is 0 Å². The van der Waals surface area contributed by atoms with Gasteiger partial charge in [0.1, 0.15) is 6.04 Å². The molecule has 1 heterocycles. The number of aromatic carboxylic acids is 1. The molecule has 0 spiro atoms. The van der Waals surface area contributed by atoms with Crippen LogP contribution in [-0.2, 0) is 20.8 Å². The van der Waals surface area contributed by atoms with Gasteiger partial charge in [-0.05, 0) is 38.0 Å². The van der Waals surface area contributed by atoms with E-state index in [1.807, 2.05) is 0 Å². The molecule has 2 rings (SSSR count). The molecule has 128 valence electrons. The first kappa shape index (κ1) is 17.7. The van der Waals surface area contributed by atoms with Crippen molar-refractivity contribution in [3.8, 4) is 0 Å². The second-order valence-electron chi connectivity index (χ2n) is 6.02. The number of benzene rings is 1. The smallest absolute Gasteiger partial charge is 0.335 e. The summed E-state index contributed by atoms with van der Waals surface area (Å²) in [6, 6.07) is 5.26. The zero-order chi connectivity index (χ0) is 17.9. The summed E-state index contributed by atoms with van der Waals surface area (Å²) in [5.74, 6) is -1.95. The highest BCUT2D eigenvalue weighted by Crippen LogP contribution is 2.16. The Kier molecular flexibility index (Phi) is 5.33. The molecule has 1 saturated heterocycles. The Morgan fingerprint density at radius 1 is 1.25 bits per heavy atom. The summed E-state index contributed by atoms with van der Waals surface area (Å²) in [7, 11) is 0. The van der Waals surface area contributed by atoms with Gasteiger partial charge in [-0.15, -0.1) is 0 Å². The van der Waals surface area contributed by atoms with Gasteiger partial charge in [-0.25, -0.2) is 4.79 Å². The molecule has 3 amide bonds. The largest absolute Gasteiger partial charge is 0.478 e. The third-order valence-corrected chi connectivity index (χ3v) is 3.88. The van der Waals surface area contributed by atoms with E-state index in [0.717, 1.165) is 5.56 Å². The van der Waals surface area contributed by atoms with Crippen molar-refractivity contribution < 1.29 is 24.3 Å². The molecule has 1 aromatic rings. The van der Waals surface area contributed by atoms with Crippen LogP contribution in [0.1, 0.15) is 42.6 Å². The van der Waals surface area contributed by atoms with E-state index in [9.17, 15) is 19.2 Å². The van der Waals surface area contributed by atoms with Crippen LogP contribution in [0.5, 0.6) is 0 Å². The van der Waals surface area contributed by atoms with Crippen molar-refractivity contribution in [3.05, 3.63) is 35.4 Å². The highest BCUT2D eigenvalue weighted by atomic mass is 16.4. The summed E-state index contributed by atoms with van der Waals surface area (Å²) < 4.78 is 0. The lowest BCUT2D eigenvalue weighted by molar-refractivity contribution is -0.141. The molecule has 1 fully saturated rings. The van der Waals surface area contributed by atoms with E-state index in [2.05, 4.69) is 5.32 Å². The third kappa shape index (κ3) is 3.98. The van der Waals surface area contributed by atoms with Gasteiger partial charge in [0.2, 0.25) is 11.8 Å². The van der Waals surface area contributed by atoms with Crippen LogP contribution in [0, 0.1) is 0 Å². The van der Waals surface area contributed by atoms with E-state index >= 15 is 0 Å².